The van der Waals surface area contributed by atoms with Gasteiger partial charge in [-0.1, -0.05) is 42.5 Å². The first-order valence-corrected chi connectivity index (χ1v) is 6.89. The van der Waals surface area contributed by atoms with Gasteiger partial charge in [0.05, 0.1) is 11.8 Å². The second-order valence-corrected chi connectivity index (χ2v) is 5.45. The van der Waals surface area contributed by atoms with Crippen molar-refractivity contribution in [3.63, 3.8) is 0 Å². The quantitative estimate of drug-likeness (QED) is 0.722. The second-order valence-electron chi connectivity index (χ2n) is 5.45. The lowest BCUT2D eigenvalue weighted by Gasteiger charge is -2.24. The smallest absolute Gasteiger partial charge is 0.0730 e. The van der Waals surface area contributed by atoms with Crippen LogP contribution in [0.4, 0.5) is 0 Å². The van der Waals surface area contributed by atoms with Crippen LogP contribution in [0.1, 0.15) is 34.7 Å². The molecule has 1 heteroatoms. The number of aliphatic imine (C=N–C) groups is 1. The third-order valence-electron chi connectivity index (χ3n) is 3.86. The predicted molar refractivity (Wildman–Crippen MR) is 81.2 cm³/mol. The van der Waals surface area contributed by atoms with Gasteiger partial charge in [0.1, 0.15) is 0 Å². The zero-order valence-electron chi connectivity index (χ0n) is 11.8. The van der Waals surface area contributed by atoms with Crippen LogP contribution in [0.3, 0.4) is 0 Å². The van der Waals surface area contributed by atoms with Crippen molar-refractivity contribution in [3.8, 4) is 0 Å². The number of benzene rings is 2. The molecule has 2 aromatic carbocycles. The van der Waals surface area contributed by atoms with Crippen molar-refractivity contribution in [2.24, 2.45) is 4.99 Å². The molecular formula is C18H19N. The summed E-state index contributed by atoms with van der Waals surface area (Å²) in [6.45, 7) is 6.54. The topological polar surface area (TPSA) is 12.4 Å². The molecular weight excluding hydrogens is 230 g/mol. The summed E-state index contributed by atoms with van der Waals surface area (Å²) in [5.41, 5.74) is 7.83. The summed E-state index contributed by atoms with van der Waals surface area (Å²) in [5.74, 6) is 0. The minimum absolute atomic E-state index is 0.365. The molecule has 0 saturated carbocycles. The van der Waals surface area contributed by atoms with Crippen LogP contribution < -0.4 is 0 Å². The molecule has 1 atom stereocenters. The number of hydrogen-bond acceptors (Lipinski definition) is 1. The predicted octanol–water partition coefficient (Wildman–Crippen LogP) is 4.09. The fourth-order valence-electron chi connectivity index (χ4n) is 2.93. The maximum Gasteiger partial charge on any atom is 0.0730 e. The lowest BCUT2D eigenvalue weighted by atomic mass is 9.86. The molecule has 1 nitrogen and oxygen atoms in total. The van der Waals surface area contributed by atoms with Crippen LogP contribution in [0, 0.1) is 13.8 Å². The number of rotatable bonds is 1. The molecule has 1 unspecified atom stereocenters. The van der Waals surface area contributed by atoms with Gasteiger partial charge in [0.25, 0.3) is 0 Å². The molecule has 0 aliphatic carbocycles. The average Bonchev–Trinajstić information content (AvgIpc) is 2.38. The van der Waals surface area contributed by atoms with Crippen LogP contribution in [0.5, 0.6) is 0 Å². The Morgan fingerprint density at radius 2 is 1.68 bits per heavy atom. The Morgan fingerprint density at radius 1 is 0.947 bits per heavy atom. The van der Waals surface area contributed by atoms with E-state index >= 15 is 0 Å². The molecule has 0 N–H and O–H groups in total. The molecule has 0 spiro atoms. The first-order chi connectivity index (χ1) is 9.16. The molecule has 0 saturated heterocycles. The lowest BCUT2D eigenvalue weighted by molar-refractivity contribution is 0.727. The number of nitrogens with zero attached hydrogens (tertiary/aromatic N) is 1. The minimum Gasteiger partial charge on any atom is -0.281 e. The van der Waals surface area contributed by atoms with E-state index < -0.39 is 0 Å². The Kier molecular flexibility index (Phi) is 2.98. The number of fused-ring (bicyclic) bond motifs is 1. The molecule has 1 aliphatic heterocycles. The van der Waals surface area contributed by atoms with Crippen LogP contribution >= 0.6 is 0 Å². The Balaban J connectivity index is 2.24. The Bertz CT molecular complexity index is 652. The van der Waals surface area contributed by atoms with Crippen LogP contribution in [0.2, 0.25) is 0 Å². The monoisotopic (exact) mass is 249 g/mol. The minimum atomic E-state index is 0.365. The summed E-state index contributed by atoms with van der Waals surface area (Å²) in [6.07, 6.45) is 1.05. The van der Waals surface area contributed by atoms with Crippen molar-refractivity contribution in [3.05, 3.63) is 70.3 Å². The fraction of sp³-hybridized carbons (Fsp3) is 0.278. The highest BCUT2D eigenvalue weighted by atomic mass is 14.8. The van der Waals surface area contributed by atoms with Crippen molar-refractivity contribution in [1.82, 2.24) is 0 Å². The largest absolute Gasteiger partial charge is 0.281 e. The zero-order chi connectivity index (χ0) is 13.4. The highest BCUT2D eigenvalue weighted by Crippen LogP contribution is 2.27. The molecule has 1 heterocycles. The number of aryl methyl sites for hydroxylation is 2. The van der Waals surface area contributed by atoms with Gasteiger partial charge in [0.15, 0.2) is 0 Å². The van der Waals surface area contributed by atoms with Gasteiger partial charge in [-0.3, -0.25) is 4.99 Å². The van der Waals surface area contributed by atoms with Gasteiger partial charge in [0, 0.05) is 11.1 Å². The van der Waals surface area contributed by atoms with E-state index in [4.69, 9.17) is 4.99 Å². The van der Waals surface area contributed by atoms with Gasteiger partial charge in [-0.2, -0.15) is 0 Å². The van der Waals surface area contributed by atoms with Gasteiger partial charge in [-0.25, -0.2) is 0 Å². The summed E-state index contributed by atoms with van der Waals surface area (Å²) in [7, 11) is 0. The molecule has 0 radical (unpaired) electrons. The van der Waals surface area contributed by atoms with Gasteiger partial charge < -0.3 is 0 Å². The standard InChI is InChI=1S/C18H19N/c1-12-7-4-5-10-16(12)18-17-13(2)8-6-9-15(17)11-14(3)19-18/h4-10,14H,11H2,1-3H3. The van der Waals surface area contributed by atoms with Crippen LogP contribution in [-0.2, 0) is 6.42 Å². The van der Waals surface area contributed by atoms with Crippen molar-refractivity contribution in [2.75, 3.05) is 0 Å². The van der Waals surface area contributed by atoms with E-state index in [0.717, 1.165) is 6.42 Å². The molecule has 0 fully saturated rings. The van der Waals surface area contributed by atoms with E-state index in [2.05, 4.69) is 63.2 Å². The molecule has 19 heavy (non-hydrogen) atoms. The Labute approximate surface area is 115 Å². The third-order valence-corrected chi connectivity index (χ3v) is 3.86. The SMILES string of the molecule is Cc1ccccc1C1=NC(C)Cc2cccc(C)c21. The molecule has 0 aromatic heterocycles. The normalized spacial score (nSPS) is 17.8. The van der Waals surface area contributed by atoms with Crippen molar-refractivity contribution in [2.45, 2.75) is 33.2 Å². The first kappa shape index (κ1) is 12.2. The lowest BCUT2D eigenvalue weighted by Crippen LogP contribution is -2.21. The molecule has 96 valence electrons. The van der Waals surface area contributed by atoms with Crippen LogP contribution in [-0.4, -0.2) is 11.8 Å². The second kappa shape index (κ2) is 4.65. The summed E-state index contributed by atoms with van der Waals surface area (Å²) in [5, 5.41) is 0. The van der Waals surface area contributed by atoms with E-state index in [1.165, 1.54) is 33.5 Å². The van der Waals surface area contributed by atoms with E-state index in [1.807, 2.05) is 0 Å². The molecule has 2 aromatic rings. The van der Waals surface area contributed by atoms with Crippen molar-refractivity contribution >= 4 is 5.71 Å². The van der Waals surface area contributed by atoms with Crippen molar-refractivity contribution < 1.29 is 0 Å². The maximum atomic E-state index is 4.93. The van der Waals surface area contributed by atoms with E-state index in [-0.39, 0.29) is 0 Å². The molecule has 3 rings (SSSR count). The first-order valence-electron chi connectivity index (χ1n) is 6.89. The van der Waals surface area contributed by atoms with Gasteiger partial charge >= 0.3 is 0 Å². The van der Waals surface area contributed by atoms with Crippen LogP contribution in [0.15, 0.2) is 47.5 Å². The third kappa shape index (κ3) is 2.10. The fourth-order valence-corrected chi connectivity index (χ4v) is 2.93. The summed E-state index contributed by atoms with van der Waals surface area (Å²) < 4.78 is 0. The summed E-state index contributed by atoms with van der Waals surface area (Å²) in [4.78, 5) is 4.93. The van der Waals surface area contributed by atoms with E-state index in [1.54, 1.807) is 0 Å². The molecule has 0 bridgehead atoms. The zero-order valence-corrected chi connectivity index (χ0v) is 11.8. The Hall–Kier alpha value is -1.89. The average molecular weight is 249 g/mol. The van der Waals surface area contributed by atoms with Crippen LogP contribution in [0.25, 0.3) is 0 Å². The van der Waals surface area contributed by atoms with Crippen molar-refractivity contribution in [1.29, 1.82) is 0 Å². The van der Waals surface area contributed by atoms with Gasteiger partial charge in [-0.15, -0.1) is 0 Å². The highest BCUT2D eigenvalue weighted by Gasteiger charge is 2.21. The number of hydrogen-bond donors (Lipinski definition) is 0. The maximum absolute atomic E-state index is 4.93. The Morgan fingerprint density at radius 3 is 2.47 bits per heavy atom. The van der Waals surface area contributed by atoms with E-state index in [0.29, 0.717) is 6.04 Å². The summed E-state index contributed by atoms with van der Waals surface area (Å²) in [6, 6.07) is 15.5. The van der Waals surface area contributed by atoms with E-state index in [9.17, 15) is 0 Å². The molecule has 0 amide bonds. The van der Waals surface area contributed by atoms with Gasteiger partial charge in [0.2, 0.25) is 0 Å². The van der Waals surface area contributed by atoms with Gasteiger partial charge in [-0.05, 0) is 43.9 Å². The summed E-state index contributed by atoms with van der Waals surface area (Å²) >= 11 is 0. The molecule has 1 aliphatic rings. The highest BCUT2D eigenvalue weighted by molar-refractivity contribution is 6.16.